The van der Waals surface area contributed by atoms with Crippen LogP contribution in [-0.2, 0) is 16.1 Å². The normalized spacial score (nSPS) is 20.9. The Morgan fingerprint density at radius 3 is 2.76 bits per heavy atom. The monoisotopic (exact) mass is 522 g/mol. The van der Waals surface area contributed by atoms with Gasteiger partial charge in [0.15, 0.2) is 18.2 Å². The summed E-state index contributed by atoms with van der Waals surface area (Å²) >= 11 is 0. The van der Waals surface area contributed by atoms with Gasteiger partial charge >= 0.3 is 6.09 Å². The molecule has 3 aromatic heterocycles. The number of nitrogens with zero attached hydrogens (tertiary/aromatic N) is 5. The van der Waals surface area contributed by atoms with E-state index in [-0.39, 0.29) is 49.1 Å². The molecule has 13 heteroatoms. The summed E-state index contributed by atoms with van der Waals surface area (Å²) in [6.45, 7) is 2.53. The zero-order chi connectivity index (χ0) is 26.2. The van der Waals surface area contributed by atoms with Crippen molar-refractivity contribution in [3.63, 3.8) is 0 Å². The lowest BCUT2D eigenvalue weighted by Gasteiger charge is -2.33. The van der Waals surface area contributed by atoms with Crippen LogP contribution in [0.25, 0.3) is 11.0 Å². The molecule has 2 N–H and O–H groups in total. The van der Waals surface area contributed by atoms with Crippen LogP contribution in [0.1, 0.15) is 0 Å². The smallest absolute Gasteiger partial charge is 0.415 e. The number of amides is 2. The number of nitrogens with one attached hydrogen (secondary N) is 1. The first kappa shape index (κ1) is 24.1. The van der Waals surface area contributed by atoms with Crippen molar-refractivity contribution < 1.29 is 28.9 Å². The Balaban J connectivity index is 1.14. The predicted molar refractivity (Wildman–Crippen MR) is 134 cm³/mol. The molecule has 2 saturated heterocycles. The number of anilines is 2. The second-order valence-electron chi connectivity index (χ2n) is 9.36. The van der Waals surface area contributed by atoms with Crippen molar-refractivity contribution in [2.24, 2.45) is 5.92 Å². The summed E-state index contributed by atoms with van der Waals surface area (Å²) in [5.41, 5.74) is 0.338. The van der Waals surface area contributed by atoms with E-state index in [4.69, 9.17) is 19.3 Å². The molecule has 0 saturated carbocycles. The highest BCUT2D eigenvalue weighted by molar-refractivity contribution is 5.95. The van der Waals surface area contributed by atoms with Gasteiger partial charge in [0.2, 0.25) is 5.88 Å². The van der Waals surface area contributed by atoms with E-state index in [0.29, 0.717) is 55.8 Å². The van der Waals surface area contributed by atoms with Crippen molar-refractivity contribution in [2.75, 3.05) is 56.2 Å². The SMILES string of the molecule is O=C1COc2ccc(N3C[C@H]4CN(CCn5c(=O)ccc6ccc(OCCO)nc65)C[C@@H]4OC3=O)nc2N1. The first-order valence-electron chi connectivity index (χ1n) is 12.4. The highest BCUT2D eigenvalue weighted by Gasteiger charge is 2.43. The molecule has 0 aliphatic carbocycles. The van der Waals surface area contributed by atoms with E-state index in [2.05, 4.69) is 20.2 Å². The van der Waals surface area contributed by atoms with Crippen molar-refractivity contribution in [3.05, 3.63) is 46.8 Å². The molecule has 2 amide bonds. The van der Waals surface area contributed by atoms with E-state index in [1.807, 2.05) is 6.07 Å². The Morgan fingerprint density at radius 2 is 1.89 bits per heavy atom. The summed E-state index contributed by atoms with van der Waals surface area (Å²) < 4.78 is 18.1. The zero-order valence-corrected chi connectivity index (χ0v) is 20.4. The number of aromatic nitrogens is 3. The third-order valence-corrected chi connectivity index (χ3v) is 6.87. The molecule has 2 fully saturated rings. The third kappa shape index (κ3) is 4.61. The van der Waals surface area contributed by atoms with Gasteiger partial charge in [0, 0.05) is 56.2 Å². The maximum Gasteiger partial charge on any atom is 0.415 e. The molecule has 198 valence electrons. The average molecular weight is 523 g/mol. The maximum atomic E-state index is 12.8. The Labute approximate surface area is 216 Å². The summed E-state index contributed by atoms with van der Waals surface area (Å²) in [7, 11) is 0. The minimum absolute atomic E-state index is 0.0530. The van der Waals surface area contributed by atoms with Crippen LogP contribution in [0.3, 0.4) is 0 Å². The molecule has 0 aromatic carbocycles. The number of fused-ring (bicyclic) bond motifs is 3. The van der Waals surface area contributed by atoms with Gasteiger partial charge in [-0.1, -0.05) is 0 Å². The van der Waals surface area contributed by atoms with Crippen molar-refractivity contribution in [1.29, 1.82) is 0 Å². The van der Waals surface area contributed by atoms with E-state index >= 15 is 0 Å². The van der Waals surface area contributed by atoms with Gasteiger partial charge in [-0.15, -0.1) is 0 Å². The molecule has 0 radical (unpaired) electrons. The minimum atomic E-state index is -0.492. The molecule has 0 bridgehead atoms. The number of pyridine rings is 3. The fraction of sp³-hybridized carbons (Fsp3) is 0.400. The molecule has 3 aliphatic heterocycles. The van der Waals surface area contributed by atoms with Crippen molar-refractivity contribution in [1.82, 2.24) is 19.4 Å². The lowest BCUT2D eigenvalue weighted by atomic mass is 10.0. The van der Waals surface area contributed by atoms with E-state index in [9.17, 15) is 14.4 Å². The Hall–Kier alpha value is -4.23. The summed E-state index contributed by atoms with van der Waals surface area (Å²) in [6.07, 6.45) is -0.756. The quantitative estimate of drug-likeness (QED) is 0.448. The van der Waals surface area contributed by atoms with Crippen LogP contribution < -0.4 is 25.2 Å². The summed E-state index contributed by atoms with van der Waals surface area (Å²) in [6, 6.07) is 10.1. The number of carbonyl (C=O) groups excluding carboxylic acids is 2. The van der Waals surface area contributed by atoms with Gasteiger partial charge in [-0.25, -0.2) is 9.78 Å². The third-order valence-electron chi connectivity index (χ3n) is 6.87. The van der Waals surface area contributed by atoms with Gasteiger partial charge in [-0.05, 0) is 24.3 Å². The molecule has 3 aromatic rings. The predicted octanol–water partition coefficient (Wildman–Crippen LogP) is 0.451. The molecule has 6 rings (SSSR count). The van der Waals surface area contributed by atoms with Crippen LogP contribution >= 0.6 is 0 Å². The Morgan fingerprint density at radius 1 is 1.03 bits per heavy atom. The molecular weight excluding hydrogens is 496 g/mol. The summed E-state index contributed by atoms with van der Waals surface area (Å²) in [4.78, 5) is 49.6. The molecule has 3 aliphatic rings. The molecule has 0 unspecified atom stereocenters. The second-order valence-corrected chi connectivity index (χ2v) is 9.36. The number of carbonyl (C=O) groups is 2. The van der Waals surface area contributed by atoms with Crippen LogP contribution in [-0.4, -0.2) is 88.6 Å². The van der Waals surface area contributed by atoms with Crippen molar-refractivity contribution >= 4 is 34.7 Å². The van der Waals surface area contributed by atoms with Gasteiger partial charge in [0.25, 0.3) is 11.5 Å². The number of aliphatic hydroxyl groups is 1. The number of aliphatic hydroxyl groups excluding tert-OH is 1. The number of likely N-dealkylation sites (tertiary alicyclic amines) is 1. The largest absolute Gasteiger partial charge is 0.480 e. The van der Waals surface area contributed by atoms with Crippen molar-refractivity contribution in [2.45, 2.75) is 12.6 Å². The van der Waals surface area contributed by atoms with Gasteiger partial charge < -0.3 is 24.6 Å². The van der Waals surface area contributed by atoms with E-state index in [1.54, 1.807) is 28.8 Å². The first-order valence-corrected chi connectivity index (χ1v) is 12.4. The summed E-state index contributed by atoms with van der Waals surface area (Å²) in [5.74, 6) is 1.20. The molecule has 13 nitrogen and oxygen atoms in total. The molecule has 38 heavy (non-hydrogen) atoms. The van der Waals surface area contributed by atoms with E-state index in [1.165, 1.54) is 11.0 Å². The van der Waals surface area contributed by atoms with Crippen LogP contribution in [0.15, 0.2) is 41.2 Å². The van der Waals surface area contributed by atoms with Crippen LogP contribution in [0, 0.1) is 5.92 Å². The lowest BCUT2D eigenvalue weighted by Crippen LogP contribution is -2.48. The molecule has 6 heterocycles. The van der Waals surface area contributed by atoms with Gasteiger partial charge in [-0.2, -0.15) is 4.98 Å². The number of hydrogen-bond donors (Lipinski definition) is 2. The van der Waals surface area contributed by atoms with Crippen LogP contribution in [0.5, 0.6) is 11.6 Å². The molecule has 2 atom stereocenters. The average Bonchev–Trinajstić information content (AvgIpc) is 3.31. The van der Waals surface area contributed by atoms with Crippen LogP contribution in [0.2, 0.25) is 0 Å². The Bertz CT molecular complexity index is 1460. The van der Waals surface area contributed by atoms with Gasteiger partial charge in [0.1, 0.15) is 24.2 Å². The van der Waals surface area contributed by atoms with Gasteiger partial charge in [-0.3, -0.25) is 24.0 Å². The van der Waals surface area contributed by atoms with Crippen molar-refractivity contribution in [3.8, 4) is 11.6 Å². The van der Waals surface area contributed by atoms with Crippen LogP contribution in [0.4, 0.5) is 16.4 Å². The second kappa shape index (κ2) is 9.91. The molecular formula is C25H26N6O7. The Kier molecular flexibility index (Phi) is 6.29. The fourth-order valence-electron chi connectivity index (χ4n) is 5.04. The lowest BCUT2D eigenvalue weighted by molar-refractivity contribution is -0.118. The van der Waals surface area contributed by atoms with Gasteiger partial charge in [0.05, 0.1) is 6.61 Å². The van der Waals surface area contributed by atoms with E-state index in [0.717, 1.165) is 5.39 Å². The topological polar surface area (TPSA) is 148 Å². The standard InChI is InChI=1S/C25H26N6O7/c32-9-10-36-21-5-1-15-2-6-22(34)30(24(15)28-21)8-7-29-11-16-12-31(25(35)38-18(16)13-29)19-4-3-17-23(26-19)27-20(33)14-37-17/h1-6,16,18,32H,7-14H2,(H,26,27,33)/t16-,18+/m1/s1. The highest BCUT2D eigenvalue weighted by atomic mass is 16.6. The number of ether oxygens (including phenoxy) is 3. The minimum Gasteiger partial charge on any atom is -0.480 e. The first-order chi connectivity index (χ1) is 18.5. The molecule has 0 spiro atoms. The summed E-state index contributed by atoms with van der Waals surface area (Å²) in [5, 5.41) is 12.5. The fourth-order valence-corrected chi connectivity index (χ4v) is 5.04. The number of hydrogen-bond acceptors (Lipinski definition) is 10. The zero-order valence-electron chi connectivity index (χ0n) is 20.4. The van der Waals surface area contributed by atoms with E-state index < -0.39 is 6.09 Å². The highest BCUT2D eigenvalue weighted by Crippen LogP contribution is 2.32. The maximum absolute atomic E-state index is 12.8. The number of rotatable bonds is 7.